The van der Waals surface area contributed by atoms with Crippen molar-refractivity contribution >= 4 is 23.9 Å². The Morgan fingerprint density at radius 2 is 1.41 bits per heavy atom. The van der Waals surface area contributed by atoms with Crippen LogP contribution in [-0.4, -0.2) is 67.7 Å². The largest absolute Gasteiger partial charge is 0.463 e. The molecular formula is C17H23NO9. The SMILES string of the molecule is C#CCN[C@H]1O[C@H](COC(C)=O)[C@@H](OC(C)=O)[C@H](OC(C)=O)[C@@H]1OC(C)=O. The molecule has 1 heterocycles. The summed E-state index contributed by atoms with van der Waals surface area (Å²) in [5.74, 6) is -0.300. The molecule has 1 aliphatic heterocycles. The molecule has 27 heavy (non-hydrogen) atoms. The first-order chi connectivity index (χ1) is 12.6. The number of rotatable bonds is 7. The van der Waals surface area contributed by atoms with Gasteiger partial charge in [0, 0.05) is 27.7 Å². The molecule has 0 aliphatic carbocycles. The summed E-state index contributed by atoms with van der Waals surface area (Å²) in [4.78, 5) is 45.8. The molecule has 0 aromatic heterocycles. The van der Waals surface area contributed by atoms with Gasteiger partial charge in [-0.1, -0.05) is 5.92 Å². The van der Waals surface area contributed by atoms with Crippen LogP contribution in [-0.2, 0) is 42.9 Å². The third-order valence-electron chi connectivity index (χ3n) is 3.40. The van der Waals surface area contributed by atoms with Gasteiger partial charge in [0.2, 0.25) is 0 Å². The lowest BCUT2D eigenvalue weighted by atomic mass is 9.97. The third-order valence-corrected chi connectivity index (χ3v) is 3.40. The molecule has 0 bridgehead atoms. The molecule has 1 N–H and O–H groups in total. The molecule has 10 heteroatoms. The Bertz CT molecular complexity index is 612. The van der Waals surface area contributed by atoms with Crippen molar-refractivity contribution in [3.63, 3.8) is 0 Å². The molecule has 1 saturated heterocycles. The van der Waals surface area contributed by atoms with Crippen molar-refractivity contribution in [3.05, 3.63) is 0 Å². The molecule has 1 fully saturated rings. The van der Waals surface area contributed by atoms with Gasteiger partial charge in [-0.05, 0) is 0 Å². The van der Waals surface area contributed by atoms with E-state index in [0.717, 1.165) is 20.8 Å². The minimum absolute atomic E-state index is 0.0493. The molecule has 0 amide bonds. The fourth-order valence-corrected chi connectivity index (χ4v) is 2.55. The predicted octanol–water partition coefficient (Wildman–Crippen LogP) is -0.708. The van der Waals surface area contributed by atoms with Crippen molar-refractivity contribution < 1.29 is 42.9 Å². The van der Waals surface area contributed by atoms with Gasteiger partial charge < -0.3 is 23.7 Å². The summed E-state index contributed by atoms with van der Waals surface area (Å²) in [6.07, 6.45) is -0.305. The Morgan fingerprint density at radius 1 is 0.889 bits per heavy atom. The summed E-state index contributed by atoms with van der Waals surface area (Å²) in [7, 11) is 0. The zero-order valence-corrected chi connectivity index (χ0v) is 15.6. The van der Waals surface area contributed by atoms with Gasteiger partial charge in [0.1, 0.15) is 12.7 Å². The average Bonchev–Trinajstić information content (AvgIpc) is 2.54. The number of terminal acetylenes is 1. The number of esters is 4. The van der Waals surface area contributed by atoms with Gasteiger partial charge in [-0.3, -0.25) is 24.5 Å². The first-order valence-corrected chi connectivity index (χ1v) is 8.13. The molecule has 1 rings (SSSR count). The molecule has 150 valence electrons. The van der Waals surface area contributed by atoms with Crippen LogP contribution in [0.2, 0.25) is 0 Å². The standard InChI is InChI=1S/C17H23NO9/c1-6-7-18-17-16(26-12(5)22)15(25-11(4)21)14(24-10(3)20)13(27-17)8-23-9(2)19/h1,13-18H,7-8H2,2-5H3/t13-,14-,15+,16+,17+/m1/s1. The summed E-state index contributed by atoms with van der Waals surface area (Å²) in [6, 6.07) is 0. The summed E-state index contributed by atoms with van der Waals surface area (Å²) in [6.45, 7) is 4.42. The van der Waals surface area contributed by atoms with E-state index in [-0.39, 0.29) is 13.2 Å². The predicted molar refractivity (Wildman–Crippen MR) is 88.8 cm³/mol. The number of hydrogen-bond acceptors (Lipinski definition) is 10. The molecule has 0 saturated carbocycles. The number of hydrogen-bond donors (Lipinski definition) is 1. The van der Waals surface area contributed by atoms with E-state index in [1.807, 2.05) is 0 Å². The summed E-state index contributed by atoms with van der Waals surface area (Å²) in [5.41, 5.74) is 0. The number of nitrogens with one attached hydrogen (secondary N) is 1. The summed E-state index contributed by atoms with van der Waals surface area (Å²) >= 11 is 0. The molecule has 5 atom stereocenters. The maximum atomic E-state index is 11.6. The zero-order chi connectivity index (χ0) is 20.6. The van der Waals surface area contributed by atoms with Crippen molar-refractivity contribution in [2.24, 2.45) is 0 Å². The number of ether oxygens (including phenoxy) is 5. The molecule has 0 aromatic carbocycles. The highest BCUT2D eigenvalue weighted by Gasteiger charge is 2.51. The van der Waals surface area contributed by atoms with E-state index in [1.54, 1.807) is 0 Å². The fraction of sp³-hybridized carbons (Fsp3) is 0.647. The van der Waals surface area contributed by atoms with Crippen LogP contribution in [0.1, 0.15) is 27.7 Å². The minimum atomic E-state index is -1.21. The monoisotopic (exact) mass is 385 g/mol. The Labute approximate surface area is 156 Å². The number of carbonyl (C=O) groups excluding carboxylic acids is 4. The van der Waals surface area contributed by atoms with Crippen LogP contribution in [0.5, 0.6) is 0 Å². The number of carbonyl (C=O) groups is 4. The minimum Gasteiger partial charge on any atom is -0.463 e. The molecule has 0 radical (unpaired) electrons. The van der Waals surface area contributed by atoms with E-state index in [2.05, 4.69) is 11.2 Å². The van der Waals surface area contributed by atoms with Crippen LogP contribution < -0.4 is 5.32 Å². The summed E-state index contributed by atoms with van der Waals surface area (Å²) < 4.78 is 26.4. The van der Waals surface area contributed by atoms with Gasteiger partial charge in [0.05, 0.1) is 6.54 Å². The highest BCUT2D eigenvalue weighted by atomic mass is 16.7. The van der Waals surface area contributed by atoms with Crippen LogP contribution in [0.25, 0.3) is 0 Å². The van der Waals surface area contributed by atoms with Crippen molar-refractivity contribution in [3.8, 4) is 12.3 Å². The van der Waals surface area contributed by atoms with Crippen molar-refractivity contribution in [2.45, 2.75) is 58.3 Å². The van der Waals surface area contributed by atoms with Crippen LogP contribution >= 0.6 is 0 Å². The highest BCUT2D eigenvalue weighted by Crippen LogP contribution is 2.28. The fourth-order valence-electron chi connectivity index (χ4n) is 2.55. The van der Waals surface area contributed by atoms with Crippen LogP contribution in [0, 0.1) is 12.3 Å². The maximum Gasteiger partial charge on any atom is 0.303 e. The van der Waals surface area contributed by atoms with Crippen LogP contribution in [0.15, 0.2) is 0 Å². The third kappa shape index (κ3) is 7.24. The van der Waals surface area contributed by atoms with Gasteiger partial charge in [0.15, 0.2) is 24.5 Å². The van der Waals surface area contributed by atoms with Gasteiger partial charge >= 0.3 is 23.9 Å². The quantitative estimate of drug-likeness (QED) is 0.341. The molecule has 0 aromatic rings. The first kappa shape index (κ1) is 22.4. The van der Waals surface area contributed by atoms with Gasteiger partial charge in [-0.25, -0.2) is 0 Å². The van der Waals surface area contributed by atoms with Crippen LogP contribution in [0.3, 0.4) is 0 Å². The zero-order valence-electron chi connectivity index (χ0n) is 15.6. The van der Waals surface area contributed by atoms with Gasteiger partial charge in [0.25, 0.3) is 0 Å². The van der Waals surface area contributed by atoms with Crippen molar-refractivity contribution in [2.75, 3.05) is 13.2 Å². The van der Waals surface area contributed by atoms with Gasteiger partial charge in [-0.15, -0.1) is 6.42 Å². The Morgan fingerprint density at radius 3 is 1.89 bits per heavy atom. The lowest BCUT2D eigenvalue weighted by Gasteiger charge is -2.44. The molecule has 10 nitrogen and oxygen atoms in total. The molecule has 0 unspecified atom stereocenters. The van der Waals surface area contributed by atoms with E-state index in [4.69, 9.17) is 30.1 Å². The lowest BCUT2D eigenvalue weighted by Crippen LogP contribution is -2.65. The summed E-state index contributed by atoms with van der Waals surface area (Å²) in [5, 5.41) is 2.81. The normalized spacial score (nSPS) is 27.0. The van der Waals surface area contributed by atoms with E-state index in [9.17, 15) is 19.2 Å². The van der Waals surface area contributed by atoms with E-state index < -0.39 is 54.5 Å². The second-order valence-corrected chi connectivity index (χ2v) is 5.70. The van der Waals surface area contributed by atoms with Crippen molar-refractivity contribution in [1.82, 2.24) is 5.32 Å². The Hall–Kier alpha value is -2.64. The second kappa shape index (κ2) is 10.5. The van der Waals surface area contributed by atoms with Crippen LogP contribution in [0.4, 0.5) is 0 Å². The maximum absolute atomic E-state index is 11.6. The van der Waals surface area contributed by atoms with Crippen molar-refractivity contribution in [1.29, 1.82) is 0 Å². The highest BCUT2D eigenvalue weighted by molar-refractivity contribution is 5.68. The Kier molecular flexibility index (Phi) is 8.71. The first-order valence-electron chi connectivity index (χ1n) is 8.13. The molecule has 0 spiro atoms. The Balaban J connectivity index is 3.25. The topological polar surface area (TPSA) is 126 Å². The average molecular weight is 385 g/mol. The van der Waals surface area contributed by atoms with E-state index in [1.165, 1.54) is 6.92 Å². The van der Waals surface area contributed by atoms with E-state index in [0.29, 0.717) is 0 Å². The molecular weight excluding hydrogens is 362 g/mol. The smallest absolute Gasteiger partial charge is 0.303 e. The lowest BCUT2D eigenvalue weighted by molar-refractivity contribution is -0.257. The van der Waals surface area contributed by atoms with E-state index >= 15 is 0 Å². The van der Waals surface area contributed by atoms with Gasteiger partial charge in [-0.2, -0.15) is 0 Å². The second-order valence-electron chi connectivity index (χ2n) is 5.70. The molecule has 1 aliphatic rings.